The van der Waals surface area contributed by atoms with Crippen LogP contribution >= 0.6 is 0 Å². The quantitative estimate of drug-likeness (QED) is 0.0778. The lowest BCUT2D eigenvalue weighted by atomic mass is 9.96. The summed E-state index contributed by atoms with van der Waals surface area (Å²) in [5.74, 6) is -5.68. The zero-order valence-electron chi connectivity index (χ0n) is 30.4. The number of H-pyrrole nitrogens is 1. The highest BCUT2D eigenvalue weighted by Crippen LogP contribution is 2.23. The van der Waals surface area contributed by atoms with Gasteiger partial charge in [0, 0.05) is 25.7 Å². The Kier molecular flexibility index (Phi) is 14.7. The molecule has 3 saturated heterocycles. The van der Waals surface area contributed by atoms with Crippen molar-refractivity contribution in [3.05, 3.63) is 18.2 Å². The van der Waals surface area contributed by atoms with Crippen LogP contribution in [0.25, 0.3) is 0 Å². The number of carboxylic acids is 1. The Morgan fingerprint density at radius 1 is 0.849 bits per heavy atom. The van der Waals surface area contributed by atoms with Crippen LogP contribution in [0.2, 0.25) is 0 Å². The van der Waals surface area contributed by atoms with Crippen molar-refractivity contribution in [2.24, 2.45) is 5.92 Å². The molecule has 0 bridgehead atoms. The molecule has 0 unspecified atom stereocenters. The molecule has 0 saturated carbocycles. The third-order valence-corrected chi connectivity index (χ3v) is 10.3. The summed E-state index contributed by atoms with van der Waals surface area (Å²) in [5, 5.41) is 43.6. The van der Waals surface area contributed by atoms with Crippen LogP contribution in [0.5, 0.6) is 0 Å². The molecule has 3 fully saturated rings. The van der Waals surface area contributed by atoms with Gasteiger partial charge in [0.15, 0.2) is 0 Å². The summed E-state index contributed by atoms with van der Waals surface area (Å²) < 4.78 is 0. The molecule has 19 heteroatoms. The third-order valence-electron chi connectivity index (χ3n) is 10.3. The summed E-state index contributed by atoms with van der Waals surface area (Å²) in [6.45, 7) is 4.99. The van der Waals surface area contributed by atoms with Crippen LogP contribution in [0, 0.1) is 5.92 Å². The number of carbonyl (C=O) groups excluding carboxylic acids is 6. The van der Waals surface area contributed by atoms with Crippen molar-refractivity contribution in [3.8, 4) is 0 Å². The molecule has 0 aliphatic carbocycles. The van der Waals surface area contributed by atoms with Crippen LogP contribution in [-0.2, 0) is 40.0 Å². The molecule has 1 aromatic heterocycles. The second-order valence-electron chi connectivity index (χ2n) is 14.0. The van der Waals surface area contributed by atoms with Crippen molar-refractivity contribution in [3.63, 3.8) is 0 Å². The maximum Gasteiger partial charge on any atom is 0.326 e. The van der Waals surface area contributed by atoms with Gasteiger partial charge in [0.1, 0.15) is 36.3 Å². The molecule has 0 radical (unpaired) electrons. The Morgan fingerprint density at radius 3 is 2.06 bits per heavy atom. The molecule has 9 N–H and O–H groups in total. The molecule has 3 aliphatic heterocycles. The number of hydrogen-bond acceptors (Lipinski definition) is 11. The zero-order chi connectivity index (χ0) is 38.8. The maximum atomic E-state index is 14.1. The summed E-state index contributed by atoms with van der Waals surface area (Å²) >= 11 is 0. The molecule has 0 spiro atoms. The first kappa shape index (κ1) is 41.1. The van der Waals surface area contributed by atoms with Crippen molar-refractivity contribution in [2.75, 3.05) is 26.2 Å². The number of nitrogens with one attached hydrogen (secondary N) is 6. The first-order chi connectivity index (χ1) is 25.3. The van der Waals surface area contributed by atoms with Crippen molar-refractivity contribution < 1.29 is 48.9 Å². The normalized spacial score (nSPS) is 23.3. The summed E-state index contributed by atoms with van der Waals surface area (Å²) in [5.41, 5.74) is 0.478. The fourth-order valence-corrected chi connectivity index (χ4v) is 6.99. The van der Waals surface area contributed by atoms with Gasteiger partial charge >= 0.3 is 5.97 Å². The number of hydrogen-bond donors (Lipinski definition) is 9. The zero-order valence-corrected chi connectivity index (χ0v) is 30.4. The van der Waals surface area contributed by atoms with Gasteiger partial charge < -0.3 is 56.7 Å². The third kappa shape index (κ3) is 10.3. The predicted octanol–water partition coefficient (Wildman–Crippen LogP) is -2.87. The number of imidazole rings is 1. The Bertz CT molecular complexity index is 1470. The van der Waals surface area contributed by atoms with Gasteiger partial charge in [0.25, 0.3) is 0 Å². The van der Waals surface area contributed by atoms with Gasteiger partial charge in [-0.1, -0.05) is 20.3 Å². The van der Waals surface area contributed by atoms with Gasteiger partial charge in [-0.3, -0.25) is 28.8 Å². The van der Waals surface area contributed by atoms with Gasteiger partial charge in [-0.2, -0.15) is 0 Å². The Hall–Kier alpha value is -4.62. The molecule has 9 atom stereocenters. The number of carbonyl (C=O) groups is 7. The minimum atomic E-state index is -1.50. The second-order valence-corrected chi connectivity index (χ2v) is 14.0. The minimum Gasteiger partial charge on any atom is -0.480 e. The number of likely N-dealkylation sites (tertiary alicyclic amines) is 2. The smallest absolute Gasteiger partial charge is 0.326 e. The molecule has 6 amide bonds. The van der Waals surface area contributed by atoms with E-state index in [-0.39, 0.29) is 38.3 Å². The van der Waals surface area contributed by atoms with Gasteiger partial charge in [-0.25, -0.2) is 9.78 Å². The van der Waals surface area contributed by atoms with Crippen LogP contribution in [0.15, 0.2) is 12.5 Å². The lowest BCUT2D eigenvalue weighted by molar-refractivity contribution is -0.151. The molecular weight excluding hydrogens is 694 g/mol. The predicted molar refractivity (Wildman–Crippen MR) is 186 cm³/mol. The van der Waals surface area contributed by atoms with Crippen molar-refractivity contribution >= 4 is 41.4 Å². The Balaban J connectivity index is 1.44. The highest BCUT2D eigenvalue weighted by atomic mass is 16.4. The van der Waals surface area contributed by atoms with E-state index in [1.165, 1.54) is 18.2 Å². The average Bonchev–Trinajstić information content (AvgIpc) is 3.97. The summed E-state index contributed by atoms with van der Waals surface area (Å²) in [7, 11) is 0. The fourth-order valence-electron chi connectivity index (χ4n) is 6.99. The molecular formula is C34H53N9O10. The van der Waals surface area contributed by atoms with Gasteiger partial charge in [-0.15, -0.1) is 0 Å². The van der Waals surface area contributed by atoms with Gasteiger partial charge in [0.2, 0.25) is 35.4 Å². The van der Waals surface area contributed by atoms with Crippen molar-refractivity contribution in [2.45, 2.75) is 121 Å². The number of aliphatic carboxylic acids is 1. The summed E-state index contributed by atoms with van der Waals surface area (Å²) in [6, 6.07) is -7.86. The Labute approximate surface area is 307 Å². The number of nitrogens with zero attached hydrogens (tertiary/aromatic N) is 3. The number of amides is 6. The van der Waals surface area contributed by atoms with Gasteiger partial charge in [-0.05, 0) is 57.9 Å². The van der Waals surface area contributed by atoms with E-state index >= 15 is 0 Å². The van der Waals surface area contributed by atoms with E-state index in [0.717, 1.165) is 11.3 Å². The van der Waals surface area contributed by atoms with Crippen LogP contribution in [0.1, 0.15) is 71.4 Å². The topological polar surface area (TPSA) is 275 Å². The average molecular weight is 748 g/mol. The SMILES string of the molecule is CC[C@H](C)[C@H](NC(=O)[C@H](CO)NC(=O)[C@H](Cc1c[nH]cn1)NC(=O)[C@@H]1CCCN1)C(=O)N1CCC[C@H]1C(=O)N[C@H](C(=O)N1CCC[C@H]1C(=O)O)[C@@H](C)O. The van der Waals surface area contributed by atoms with Crippen LogP contribution in [-0.4, -0.2) is 151 Å². The van der Waals surface area contributed by atoms with E-state index in [2.05, 4.69) is 36.6 Å². The highest BCUT2D eigenvalue weighted by molar-refractivity contribution is 5.97. The van der Waals surface area contributed by atoms with E-state index in [4.69, 9.17) is 0 Å². The Morgan fingerprint density at radius 2 is 1.49 bits per heavy atom. The first-order valence-corrected chi connectivity index (χ1v) is 18.3. The van der Waals surface area contributed by atoms with Crippen molar-refractivity contribution in [1.82, 2.24) is 46.4 Å². The highest BCUT2D eigenvalue weighted by Gasteiger charge is 2.43. The second kappa shape index (κ2) is 18.9. The van der Waals surface area contributed by atoms with Gasteiger partial charge in [0.05, 0.1) is 30.8 Å². The minimum absolute atomic E-state index is 0.000359. The number of carboxylic acid groups (broad SMARTS) is 1. The first-order valence-electron chi connectivity index (χ1n) is 18.3. The summed E-state index contributed by atoms with van der Waals surface area (Å²) in [4.78, 5) is 102. The maximum absolute atomic E-state index is 14.1. The number of rotatable bonds is 17. The summed E-state index contributed by atoms with van der Waals surface area (Å²) in [6.07, 6.45) is 4.82. The molecule has 19 nitrogen and oxygen atoms in total. The largest absolute Gasteiger partial charge is 0.480 e. The number of aromatic nitrogens is 2. The molecule has 3 aliphatic rings. The number of aliphatic hydroxyl groups excluding tert-OH is 2. The van der Waals surface area contributed by atoms with Crippen LogP contribution in [0.3, 0.4) is 0 Å². The molecule has 294 valence electrons. The lowest BCUT2D eigenvalue weighted by Crippen LogP contribution is -2.62. The van der Waals surface area contributed by atoms with E-state index in [1.807, 2.05) is 0 Å². The molecule has 4 rings (SSSR count). The van der Waals surface area contributed by atoms with Crippen LogP contribution < -0.4 is 26.6 Å². The van der Waals surface area contributed by atoms with E-state index in [9.17, 15) is 48.9 Å². The van der Waals surface area contributed by atoms with Crippen molar-refractivity contribution in [1.29, 1.82) is 0 Å². The van der Waals surface area contributed by atoms with E-state index < -0.39 is 96.4 Å². The number of aromatic amines is 1. The lowest BCUT2D eigenvalue weighted by Gasteiger charge is -2.33. The molecule has 1 aromatic rings. The molecule has 0 aromatic carbocycles. The van der Waals surface area contributed by atoms with Crippen LogP contribution in [0.4, 0.5) is 0 Å². The monoisotopic (exact) mass is 747 g/mol. The number of aliphatic hydroxyl groups is 2. The molecule has 53 heavy (non-hydrogen) atoms. The molecule has 4 heterocycles. The fraction of sp³-hybridized carbons (Fsp3) is 0.706. The standard InChI is InChI=1S/C34H53N9O10/c1-4-18(2)26(32(50)42-12-6-9-24(42)31(49)41-27(19(3)45)33(51)43-13-7-10-25(43)34(52)53)40-30(48)23(16-44)39-29(47)22(14-20-15-35-17-37-20)38-28(46)21-8-5-11-36-21/h15,17-19,21-27,36,44-45H,4-14,16H2,1-3H3,(H,35,37)(H,38,46)(H,39,47)(H,40,48)(H,41,49)(H,52,53)/t18-,19+,21-,22-,23-,24-,25-,26-,27-/m0/s1. The van der Waals surface area contributed by atoms with E-state index in [0.29, 0.717) is 37.9 Å². The van der Waals surface area contributed by atoms with E-state index in [1.54, 1.807) is 20.0 Å².